The normalized spacial score (nSPS) is 20.4. The molecule has 2 bridgehead atoms. The van der Waals surface area contributed by atoms with E-state index in [0.717, 1.165) is 30.5 Å². The van der Waals surface area contributed by atoms with Crippen LogP contribution in [0.25, 0.3) is 11.3 Å². The Morgan fingerprint density at radius 3 is 2.59 bits per heavy atom. The van der Waals surface area contributed by atoms with Crippen molar-refractivity contribution in [3.8, 4) is 5.69 Å². The smallest absolute Gasteiger partial charge is 0.410 e. The number of hydrogen-bond donors (Lipinski definition) is 0. The van der Waals surface area contributed by atoms with E-state index in [-0.39, 0.29) is 18.2 Å². The molecule has 0 radical (unpaired) electrons. The molecule has 0 aliphatic carbocycles. The van der Waals surface area contributed by atoms with Crippen molar-refractivity contribution in [3.05, 3.63) is 90.3 Å². The molecule has 0 spiro atoms. The zero-order chi connectivity index (χ0) is 19.6. The summed E-state index contributed by atoms with van der Waals surface area (Å²) in [7, 11) is 0. The maximum absolute atomic E-state index is 12.7. The molecule has 146 valence electrons. The molecular formula is C24H23N3O2. The lowest BCUT2D eigenvalue weighted by Gasteiger charge is -2.33. The molecule has 2 aliphatic heterocycles. The first-order chi connectivity index (χ1) is 14.3. The summed E-state index contributed by atoms with van der Waals surface area (Å²) in [5, 5.41) is 4.28. The zero-order valence-electron chi connectivity index (χ0n) is 16.1. The summed E-state index contributed by atoms with van der Waals surface area (Å²) >= 11 is 0. The largest absolute Gasteiger partial charge is 0.445 e. The summed E-state index contributed by atoms with van der Waals surface area (Å²) < 4.78 is 7.45. The maximum atomic E-state index is 12.7. The third kappa shape index (κ3) is 3.56. The summed E-state index contributed by atoms with van der Waals surface area (Å²) in [6.45, 7) is 0.321. The predicted octanol–water partition coefficient (Wildman–Crippen LogP) is 4.83. The van der Waals surface area contributed by atoms with Crippen LogP contribution < -0.4 is 0 Å². The number of fused-ring (bicyclic) bond motifs is 2. The van der Waals surface area contributed by atoms with Crippen molar-refractivity contribution < 1.29 is 9.53 Å². The number of hydrogen-bond acceptors (Lipinski definition) is 3. The molecule has 5 rings (SSSR count). The van der Waals surface area contributed by atoms with Crippen molar-refractivity contribution in [2.45, 2.75) is 38.0 Å². The molecule has 29 heavy (non-hydrogen) atoms. The van der Waals surface area contributed by atoms with Crippen molar-refractivity contribution in [1.82, 2.24) is 14.7 Å². The topological polar surface area (TPSA) is 47.4 Å². The van der Waals surface area contributed by atoms with E-state index < -0.39 is 0 Å². The van der Waals surface area contributed by atoms with Gasteiger partial charge in [0.05, 0.1) is 11.7 Å². The molecule has 1 saturated heterocycles. The van der Waals surface area contributed by atoms with Crippen LogP contribution in [0, 0.1) is 0 Å². The molecule has 5 heteroatoms. The minimum Gasteiger partial charge on any atom is -0.445 e. The van der Waals surface area contributed by atoms with E-state index in [2.05, 4.69) is 35.4 Å². The average molecular weight is 385 g/mol. The van der Waals surface area contributed by atoms with E-state index in [4.69, 9.17) is 4.74 Å². The first kappa shape index (κ1) is 17.7. The van der Waals surface area contributed by atoms with Gasteiger partial charge in [-0.05, 0) is 54.2 Å². The van der Waals surface area contributed by atoms with Crippen LogP contribution in [0.3, 0.4) is 0 Å². The lowest BCUT2D eigenvalue weighted by Crippen LogP contribution is -2.43. The van der Waals surface area contributed by atoms with Crippen molar-refractivity contribution >= 4 is 11.7 Å². The summed E-state index contributed by atoms with van der Waals surface area (Å²) in [5.74, 6) is 0. The Morgan fingerprint density at radius 1 is 1.03 bits per heavy atom. The summed E-state index contributed by atoms with van der Waals surface area (Å²) in [6, 6.07) is 20.6. The SMILES string of the molecule is O=C(OCc1ccccc1)N1C2C=C(c3ccc(-n4cccn4)cc3)CC1CC2. The Labute approximate surface area is 170 Å². The third-order valence-electron chi connectivity index (χ3n) is 5.82. The number of carbonyl (C=O) groups is 1. The monoisotopic (exact) mass is 385 g/mol. The number of nitrogens with zero attached hydrogens (tertiary/aromatic N) is 3. The highest BCUT2D eigenvalue weighted by Gasteiger charge is 2.40. The van der Waals surface area contributed by atoms with Crippen LogP contribution in [-0.4, -0.2) is 32.9 Å². The van der Waals surface area contributed by atoms with E-state index in [1.807, 2.05) is 52.2 Å². The molecule has 2 aromatic carbocycles. The molecular weight excluding hydrogens is 362 g/mol. The Kier molecular flexibility index (Phi) is 4.64. The van der Waals surface area contributed by atoms with Crippen LogP contribution in [0.5, 0.6) is 0 Å². The first-order valence-electron chi connectivity index (χ1n) is 10.1. The van der Waals surface area contributed by atoms with Crippen molar-refractivity contribution in [3.63, 3.8) is 0 Å². The van der Waals surface area contributed by atoms with Crippen LogP contribution in [0.1, 0.15) is 30.4 Å². The van der Waals surface area contributed by atoms with E-state index in [1.54, 1.807) is 6.20 Å². The van der Waals surface area contributed by atoms with Crippen LogP contribution in [-0.2, 0) is 11.3 Å². The fourth-order valence-corrected chi connectivity index (χ4v) is 4.37. The molecule has 2 aliphatic rings. The van der Waals surface area contributed by atoms with Gasteiger partial charge in [0, 0.05) is 18.4 Å². The van der Waals surface area contributed by atoms with Gasteiger partial charge in [0.2, 0.25) is 0 Å². The average Bonchev–Trinajstić information content (AvgIpc) is 3.39. The van der Waals surface area contributed by atoms with Crippen LogP contribution in [0.2, 0.25) is 0 Å². The standard InChI is InChI=1S/C24H23N3O2/c28-24(29-17-18-5-2-1-3-6-18)27-22-11-12-23(27)16-20(15-22)19-7-9-21(10-8-19)26-14-4-13-25-26/h1-10,13-15,22-23H,11-12,16-17H2. The molecule has 0 saturated carbocycles. The first-order valence-corrected chi connectivity index (χ1v) is 10.1. The Balaban J connectivity index is 1.28. The lowest BCUT2D eigenvalue weighted by atomic mass is 9.95. The second-order valence-corrected chi connectivity index (χ2v) is 7.64. The lowest BCUT2D eigenvalue weighted by molar-refractivity contribution is 0.0832. The number of aromatic nitrogens is 2. The molecule has 0 N–H and O–H groups in total. The van der Waals surface area contributed by atoms with Gasteiger partial charge >= 0.3 is 6.09 Å². The van der Waals surface area contributed by atoms with Crippen molar-refractivity contribution in [2.75, 3.05) is 0 Å². The van der Waals surface area contributed by atoms with E-state index in [9.17, 15) is 4.79 Å². The molecule has 3 aromatic rings. The highest BCUT2D eigenvalue weighted by atomic mass is 16.6. The van der Waals surface area contributed by atoms with E-state index in [1.165, 1.54) is 11.1 Å². The van der Waals surface area contributed by atoms with Gasteiger partial charge in [-0.15, -0.1) is 0 Å². The van der Waals surface area contributed by atoms with Crippen LogP contribution >= 0.6 is 0 Å². The van der Waals surface area contributed by atoms with Gasteiger partial charge in [0.15, 0.2) is 0 Å². The molecule has 1 aromatic heterocycles. The van der Waals surface area contributed by atoms with E-state index in [0.29, 0.717) is 6.61 Å². The van der Waals surface area contributed by atoms with Gasteiger partial charge in [-0.2, -0.15) is 5.10 Å². The van der Waals surface area contributed by atoms with Crippen LogP contribution in [0.4, 0.5) is 4.79 Å². The second kappa shape index (κ2) is 7.59. The third-order valence-corrected chi connectivity index (χ3v) is 5.82. The number of amides is 1. The van der Waals surface area contributed by atoms with Crippen molar-refractivity contribution in [1.29, 1.82) is 0 Å². The van der Waals surface area contributed by atoms with E-state index >= 15 is 0 Å². The molecule has 3 heterocycles. The molecule has 5 nitrogen and oxygen atoms in total. The quantitative estimate of drug-likeness (QED) is 0.646. The van der Waals surface area contributed by atoms with Gasteiger partial charge < -0.3 is 4.74 Å². The summed E-state index contributed by atoms with van der Waals surface area (Å²) in [4.78, 5) is 14.7. The highest BCUT2D eigenvalue weighted by Crippen LogP contribution is 2.39. The van der Waals surface area contributed by atoms with Gasteiger partial charge in [-0.1, -0.05) is 48.5 Å². The maximum Gasteiger partial charge on any atom is 0.410 e. The number of rotatable bonds is 4. The fraction of sp³-hybridized carbons (Fsp3) is 0.250. The number of carbonyl (C=O) groups excluding carboxylic acids is 1. The number of ether oxygens (including phenoxy) is 1. The minimum absolute atomic E-state index is 0.123. The van der Waals surface area contributed by atoms with Crippen LogP contribution in [0.15, 0.2) is 79.1 Å². The molecule has 1 amide bonds. The number of benzene rings is 2. The van der Waals surface area contributed by atoms with Gasteiger partial charge in [-0.25, -0.2) is 9.48 Å². The molecule has 1 fully saturated rings. The minimum atomic E-state index is -0.203. The zero-order valence-corrected chi connectivity index (χ0v) is 16.1. The Morgan fingerprint density at radius 2 is 1.86 bits per heavy atom. The molecule has 2 unspecified atom stereocenters. The Hall–Kier alpha value is -3.34. The fourth-order valence-electron chi connectivity index (χ4n) is 4.37. The van der Waals surface area contributed by atoms with Gasteiger partial charge in [0.1, 0.15) is 6.61 Å². The second-order valence-electron chi connectivity index (χ2n) is 7.64. The summed E-state index contributed by atoms with van der Waals surface area (Å²) in [6.07, 6.45) is 8.66. The Bertz CT molecular complexity index is 1010. The summed E-state index contributed by atoms with van der Waals surface area (Å²) in [5.41, 5.74) is 4.59. The highest BCUT2D eigenvalue weighted by molar-refractivity contribution is 5.75. The van der Waals surface area contributed by atoms with Gasteiger partial charge in [-0.3, -0.25) is 4.90 Å². The van der Waals surface area contributed by atoms with Crippen molar-refractivity contribution in [2.24, 2.45) is 0 Å². The molecule has 2 atom stereocenters. The van der Waals surface area contributed by atoms with Gasteiger partial charge in [0.25, 0.3) is 0 Å². The predicted molar refractivity (Wildman–Crippen MR) is 111 cm³/mol.